The molecule has 0 aliphatic carbocycles. The van der Waals surface area contributed by atoms with Crippen LogP contribution in [0.25, 0.3) is 0 Å². The van der Waals surface area contributed by atoms with E-state index in [-0.39, 0.29) is 4.90 Å². The number of nitrogens with one attached hydrogen (secondary N) is 1. The number of nitrogens with two attached hydrogens (primary N) is 1. The van der Waals surface area contributed by atoms with Crippen LogP contribution >= 0.6 is 0 Å². The second-order valence-electron chi connectivity index (χ2n) is 3.84. The summed E-state index contributed by atoms with van der Waals surface area (Å²) in [6.45, 7) is 2.30. The smallest absolute Gasteiger partial charge is 0.238 e. The van der Waals surface area contributed by atoms with Crippen molar-refractivity contribution < 1.29 is 12.8 Å². The first-order valence-electron chi connectivity index (χ1n) is 5.21. The molecule has 0 saturated heterocycles. The fraction of sp³-hybridized carbons (Fsp3) is 0.182. The monoisotopic (exact) mass is 267 g/mol. The van der Waals surface area contributed by atoms with E-state index >= 15 is 0 Å². The molecule has 18 heavy (non-hydrogen) atoms. The van der Waals surface area contributed by atoms with Gasteiger partial charge in [-0.1, -0.05) is 6.07 Å². The lowest BCUT2D eigenvalue weighted by atomic mass is 10.2. The molecule has 0 aliphatic heterocycles. The van der Waals surface area contributed by atoms with Crippen molar-refractivity contribution in [3.05, 3.63) is 42.1 Å². The summed E-state index contributed by atoms with van der Waals surface area (Å²) in [6.07, 6.45) is 2.93. The topological polar surface area (TPSA) is 98.2 Å². The van der Waals surface area contributed by atoms with Gasteiger partial charge < -0.3 is 9.73 Å². The highest BCUT2D eigenvalue weighted by atomic mass is 32.2. The average molecular weight is 267 g/mol. The summed E-state index contributed by atoms with van der Waals surface area (Å²) in [4.78, 5) is 3.87. The van der Waals surface area contributed by atoms with Crippen molar-refractivity contribution in [3.8, 4) is 0 Å². The second kappa shape index (κ2) is 4.79. The highest BCUT2D eigenvalue weighted by molar-refractivity contribution is 7.89. The summed E-state index contributed by atoms with van der Waals surface area (Å²) in [7, 11) is -3.69. The molecule has 0 amide bonds. The van der Waals surface area contributed by atoms with Crippen LogP contribution in [0, 0.1) is 6.92 Å². The van der Waals surface area contributed by atoms with Gasteiger partial charge in [0.05, 0.1) is 17.6 Å². The van der Waals surface area contributed by atoms with E-state index in [1.165, 1.54) is 18.5 Å². The van der Waals surface area contributed by atoms with Crippen LogP contribution in [0.4, 0.5) is 5.69 Å². The van der Waals surface area contributed by atoms with Gasteiger partial charge in [-0.3, -0.25) is 0 Å². The Hall–Kier alpha value is -1.86. The minimum atomic E-state index is -3.69. The van der Waals surface area contributed by atoms with E-state index in [4.69, 9.17) is 9.56 Å². The van der Waals surface area contributed by atoms with E-state index in [1.54, 1.807) is 12.3 Å². The van der Waals surface area contributed by atoms with Crippen LogP contribution in [0.15, 0.2) is 40.1 Å². The molecular formula is C11H13N3O3S. The average Bonchev–Trinajstić information content (AvgIpc) is 2.79. The fourth-order valence-corrected chi connectivity index (χ4v) is 2.02. The molecule has 0 atom stereocenters. The zero-order valence-electron chi connectivity index (χ0n) is 9.75. The third-order valence-electron chi connectivity index (χ3n) is 2.47. The maximum atomic E-state index is 11.3. The van der Waals surface area contributed by atoms with Crippen molar-refractivity contribution in [3.63, 3.8) is 0 Å². The van der Waals surface area contributed by atoms with Gasteiger partial charge in [0.15, 0.2) is 6.39 Å². The molecule has 0 aliphatic rings. The number of sulfonamides is 1. The third-order valence-corrected chi connectivity index (χ3v) is 3.39. The molecular weight excluding hydrogens is 254 g/mol. The van der Waals surface area contributed by atoms with Gasteiger partial charge in [-0.2, -0.15) is 0 Å². The van der Waals surface area contributed by atoms with Crippen LogP contribution < -0.4 is 10.5 Å². The number of aryl methyl sites for hydroxylation is 1. The van der Waals surface area contributed by atoms with E-state index in [9.17, 15) is 8.42 Å². The Balaban J connectivity index is 2.22. The van der Waals surface area contributed by atoms with Gasteiger partial charge in [0, 0.05) is 5.69 Å². The van der Waals surface area contributed by atoms with E-state index in [2.05, 4.69) is 10.3 Å². The van der Waals surface area contributed by atoms with Crippen molar-refractivity contribution >= 4 is 15.7 Å². The van der Waals surface area contributed by atoms with Gasteiger partial charge in [-0.25, -0.2) is 18.5 Å². The summed E-state index contributed by atoms with van der Waals surface area (Å²) in [5.74, 6) is 0.662. The lowest BCUT2D eigenvalue weighted by Crippen LogP contribution is -2.12. The van der Waals surface area contributed by atoms with E-state index in [0.29, 0.717) is 18.0 Å². The number of rotatable bonds is 4. The molecule has 1 heterocycles. The first kappa shape index (κ1) is 12.6. The molecule has 96 valence electrons. The number of hydrogen-bond acceptors (Lipinski definition) is 5. The quantitative estimate of drug-likeness (QED) is 0.868. The first-order valence-corrected chi connectivity index (χ1v) is 6.76. The normalized spacial score (nSPS) is 11.4. The van der Waals surface area contributed by atoms with Gasteiger partial charge in [-0.05, 0) is 24.6 Å². The number of hydrogen-bond donors (Lipinski definition) is 2. The molecule has 1 aromatic heterocycles. The van der Waals surface area contributed by atoms with Gasteiger partial charge in [0.2, 0.25) is 10.0 Å². The third kappa shape index (κ3) is 2.88. The summed E-state index contributed by atoms with van der Waals surface area (Å²) in [6, 6.07) is 4.67. The van der Waals surface area contributed by atoms with Crippen molar-refractivity contribution in [1.29, 1.82) is 0 Å². The molecule has 0 fully saturated rings. The molecule has 6 nitrogen and oxygen atoms in total. The minimum absolute atomic E-state index is 0.0770. The molecule has 7 heteroatoms. The predicted octanol–water partition coefficient (Wildman–Crippen LogP) is 1.24. The zero-order chi connectivity index (χ0) is 13.2. The molecule has 2 aromatic rings. The number of aromatic nitrogens is 1. The molecule has 0 radical (unpaired) electrons. The predicted molar refractivity (Wildman–Crippen MR) is 66.4 cm³/mol. The number of primary sulfonamides is 1. The first-order chi connectivity index (χ1) is 8.47. The number of benzene rings is 1. The lowest BCUT2D eigenvalue weighted by molar-refractivity contribution is 0.511. The maximum absolute atomic E-state index is 11.3. The zero-order valence-corrected chi connectivity index (χ0v) is 10.6. The SMILES string of the molecule is Cc1ccc(S(N)(=O)=O)cc1NCc1cnco1. The van der Waals surface area contributed by atoms with Crippen LogP contribution in [0.1, 0.15) is 11.3 Å². The van der Waals surface area contributed by atoms with Crippen molar-refractivity contribution in [2.45, 2.75) is 18.4 Å². The number of anilines is 1. The molecule has 0 bridgehead atoms. The Morgan fingerprint density at radius 3 is 2.83 bits per heavy atom. The van der Waals surface area contributed by atoms with Gasteiger partial charge in [0.1, 0.15) is 5.76 Å². The van der Waals surface area contributed by atoms with Crippen LogP contribution in [-0.4, -0.2) is 13.4 Å². The molecule has 3 N–H and O–H groups in total. The van der Waals surface area contributed by atoms with Gasteiger partial charge in [-0.15, -0.1) is 0 Å². The maximum Gasteiger partial charge on any atom is 0.238 e. The highest BCUT2D eigenvalue weighted by Crippen LogP contribution is 2.20. The van der Waals surface area contributed by atoms with Gasteiger partial charge >= 0.3 is 0 Å². The minimum Gasteiger partial charge on any atom is -0.447 e. The molecule has 0 unspecified atom stereocenters. The fourth-order valence-electron chi connectivity index (χ4n) is 1.48. The van der Waals surface area contributed by atoms with Gasteiger partial charge in [0.25, 0.3) is 0 Å². The summed E-state index contributed by atoms with van der Waals surface area (Å²) in [5.41, 5.74) is 1.61. The van der Waals surface area contributed by atoms with Crippen LogP contribution in [0.5, 0.6) is 0 Å². The van der Waals surface area contributed by atoms with Crippen LogP contribution in [0.2, 0.25) is 0 Å². The number of oxazole rings is 1. The number of nitrogens with zero attached hydrogens (tertiary/aromatic N) is 1. The van der Waals surface area contributed by atoms with Crippen LogP contribution in [0.3, 0.4) is 0 Å². The Kier molecular flexibility index (Phi) is 3.35. The Labute approximate surface area is 105 Å². The Morgan fingerprint density at radius 1 is 1.44 bits per heavy atom. The molecule has 2 rings (SSSR count). The van der Waals surface area contributed by atoms with E-state index in [1.807, 2.05) is 6.92 Å². The standard InChI is InChI=1S/C11H13N3O3S/c1-8-2-3-10(18(12,15)16)4-11(8)14-6-9-5-13-7-17-9/h2-5,7,14H,6H2,1H3,(H2,12,15,16). The second-order valence-corrected chi connectivity index (χ2v) is 5.40. The van der Waals surface area contributed by atoms with Crippen molar-refractivity contribution in [2.24, 2.45) is 5.14 Å². The van der Waals surface area contributed by atoms with E-state index in [0.717, 1.165) is 5.56 Å². The molecule has 0 spiro atoms. The molecule has 0 saturated carbocycles. The Morgan fingerprint density at radius 2 is 2.22 bits per heavy atom. The van der Waals surface area contributed by atoms with E-state index < -0.39 is 10.0 Å². The van der Waals surface area contributed by atoms with Crippen LogP contribution in [-0.2, 0) is 16.6 Å². The summed E-state index contributed by atoms with van der Waals surface area (Å²) < 4.78 is 27.6. The lowest BCUT2D eigenvalue weighted by Gasteiger charge is -2.09. The molecule has 1 aromatic carbocycles. The summed E-state index contributed by atoms with van der Waals surface area (Å²) in [5, 5.41) is 8.16. The van der Waals surface area contributed by atoms with Crippen molar-refractivity contribution in [2.75, 3.05) is 5.32 Å². The largest absolute Gasteiger partial charge is 0.447 e. The van der Waals surface area contributed by atoms with Crippen molar-refractivity contribution in [1.82, 2.24) is 4.98 Å². The summed E-state index contributed by atoms with van der Waals surface area (Å²) >= 11 is 0. The highest BCUT2D eigenvalue weighted by Gasteiger charge is 2.10. The Bertz CT molecular complexity index is 636.